The van der Waals surface area contributed by atoms with Gasteiger partial charge in [0.15, 0.2) is 6.61 Å². The molecule has 21 heavy (non-hydrogen) atoms. The summed E-state index contributed by atoms with van der Waals surface area (Å²) >= 11 is 0. The van der Waals surface area contributed by atoms with Crippen LogP contribution in [-0.2, 0) is 4.79 Å². The molecule has 1 heterocycles. The van der Waals surface area contributed by atoms with E-state index in [0.29, 0.717) is 24.4 Å². The molecule has 0 unspecified atom stereocenters. The van der Waals surface area contributed by atoms with E-state index in [2.05, 4.69) is 0 Å². The number of nitrogens with zero attached hydrogens (tertiary/aromatic N) is 1. The minimum absolute atomic E-state index is 0.0246. The van der Waals surface area contributed by atoms with Crippen LogP contribution in [0.15, 0.2) is 33.5 Å². The van der Waals surface area contributed by atoms with Crippen molar-refractivity contribution in [2.45, 2.75) is 20.8 Å². The molecular formula is C16H19NO4. The quantitative estimate of drug-likeness (QED) is 0.793. The highest BCUT2D eigenvalue weighted by Crippen LogP contribution is 2.22. The van der Waals surface area contributed by atoms with Crippen LogP contribution >= 0.6 is 0 Å². The van der Waals surface area contributed by atoms with Crippen LogP contribution in [0.1, 0.15) is 19.4 Å². The largest absolute Gasteiger partial charge is 0.484 e. The second kappa shape index (κ2) is 6.43. The average molecular weight is 289 g/mol. The van der Waals surface area contributed by atoms with Crippen molar-refractivity contribution in [3.63, 3.8) is 0 Å². The standard InChI is InChI=1S/C16H19NO4/c1-4-17(5-2)15(18)10-20-12-6-7-13-11(3)8-16(19)21-14(13)9-12/h6-9H,4-5,10H2,1-3H3. The van der Waals surface area contributed by atoms with Crippen molar-refractivity contribution in [2.24, 2.45) is 0 Å². The third-order valence-corrected chi connectivity index (χ3v) is 3.40. The first-order valence-corrected chi connectivity index (χ1v) is 7.00. The summed E-state index contributed by atoms with van der Waals surface area (Å²) in [6.07, 6.45) is 0. The Morgan fingerprint density at radius 3 is 2.62 bits per heavy atom. The Bertz CT molecular complexity index is 701. The van der Waals surface area contributed by atoms with E-state index in [1.807, 2.05) is 26.8 Å². The van der Waals surface area contributed by atoms with Crippen molar-refractivity contribution in [1.82, 2.24) is 4.90 Å². The maximum atomic E-state index is 11.9. The first-order chi connectivity index (χ1) is 10.0. The van der Waals surface area contributed by atoms with Gasteiger partial charge in [-0.15, -0.1) is 0 Å². The monoisotopic (exact) mass is 289 g/mol. The molecule has 0 aliphatic heterocycles. The zero-order chi connectivity index (χ0) is 15.4. The number of benzene rings is 1. The Balaban J connectivity index is 2.17. The second-order valence-corrected chi connectivity index (χ2v) is 4.76. The van der Waals surface area contributed by atoms with Crippen molar-refractivity contribution in [1.29, 1.82) is 0 Å². The summed E-state index contributed by atoms with van der Waals surface area (Å²) in [6.45, 7) is 6.99. The number of ether oxygens (including phenoxy) is 1. The molecule has 0 spiro atoms. The molecule has 1 amide bonds. The number of hydrogen-bond acceptors (Lipinski definition) is 4. The molecule has 0 atom stereocenters. The zero-order valence-corrected chi connectivity index (χ0v) is 12.5. The van der Waals surface area contributed by atoms with E-state index >= 15 is 0 Å². The van der Waals surface area contributed by atoms with Gasteiger partial charge in [-0.3, -0.25) is 4.79 Å². The lowest BCUT2D eigenvalue weighted by Gasteiger charge is -2.18. The summed E-state index contributed by atoms with van der Waals surface area (Å²) in [4.78, 5) is 25.0. The van der Waals surface area contributed by atoms with Crippen LogP contribution in [0.25, 0.3) is 11.0 Å². The van der Waals surface area contributed by atoms with Crippen molar-refractivity contribution in [2.75, 3.05) is 19.7 Å². The Labute approximate surface area is 123 Å². The summed E-state index contributed by atoms with van der Waals surface area (Å²) in [5.74, 6) is 0.447. The van der Waals surface area contributed by atoms with Gasteiger partial charge >= 0.3 is 5.63 Å². The Morgan fingerprint density at radius 2 is 1.95 bits per heavy atom. The summed E-state index contributed by atoms with van der Waals surface area (Å²) in [6, 6.07) is 6.68. The Kier molecular flexibility index (Phi) is 4.62. The summed E-state index contributed by atoms with van der Waals surface area (Å²) in [7, 11) is 0. The van der Waals surface area contributed by atoms with E-state index in [9.17, 15) is 9.59 Å². The minimum atomic E-state index is -0.392. The summed E-state index contributed by atoms with van der Waals surface area (Å²) in [5.41, 5.74) is 0.927. The Morgan fingerprint density at radius 1 is 1.24 bits per heavy atom. The zero-order valence-electron chi connectivity index (χ0n) is 12.5. The number of carbonyl (C=O) groups is 1. The summed E-state index contributed by atoms with van der Waals surface area (Å²) in [5, 5.41) is 0.858. The van der Waals surface area contributed by atoms with Crippen LogP contribution < -0.4 is 10.4 Å². The summed E-state index contributed by atoms with van der Waals surface area (Å²) < 4.78 is 10.6. The normalized spacial score (nSPS) is 10.6. The fourth-order valence-corrected chi connectivity index (χ4v) is 2.21. The fraction of sp³-hybridized carbons (Fsp3) is 0.375. The van der Waals surface area contributed by atoms with Crippen LogP contribution in [-0.4, -0.2) is 30.5 Å². The topological polar surface area (TPSA) is 59.8 Å². The lowest BCUT2D eigenvalue weighted by molar-refractivity contribution is -0.132. The van der Waals surface area contributed by atoms with Crippen molar-refractivity contribution in [3.05, 3.63) is 40.2 Å². The van der Waals surface area contributed by atoms with Gasteiger partial charge in [0, 0.05) is 30.6 Å². The molecule has 5 heteroatoms. The van der Waals surface area contributed by atoms with Crippen LogP contribution in [0.2, 0.25) is 0 Å². The van der Waals surface area contributed by atoms with Crippen molar-refractivity contribution < 1.29 is 13.9 Å². The lowest BCUT2D eigenvalue weighted by atomic mass is 10.1. The first kappa shape index (κ1) is 15.1. The molecular weight excluding hydrogens is 270 g/mol. The number of aryl methyl sites for hydroxylation is 1. The van der Waals surface area contributed by atoms with E-state index in [1.54, 1.807) is 17.0 Å². The fourth-order valence-electron chi connectivity index (χ4n) is 2.21. The average Bonchev–Trinajstić information content (AvgIpc) is 2.45. The molecule has 1 aromatic carbocycles. The number of hydrogen-bond donors (Lipinski definition) is 0. The molecule has 2 aromatic rings. The lowest BCUT2D eigenvalue weighted by Crippen LogP contribution is -2.34. The molecule has 0 bridgehead atoms. The van der Waals surface area contributed by atoms with Crippen LogP contribution in [0.3, 0.4) is 0 Å². The SMILES string of the molecule is CCN(CC)C(=O)COc1ccc2c(C)cc(=O)oc2c1. The van der Waals surface area contributed by atoms with Crippen LogP contribution in [0, 0.1) is 6.92 Å². The molecule has 0 aliphatic carbocycles. The number of likely N-dealkylation sites (N-methyl/N-ethyl adjacent to an activating group) is 1. The van der Waals surface area contributed by atoms with Gasteiger partial charge in [0.2, 0.25) is 0 Å². The molecule has 5 nitrogen and oxygen atoms in total. The van der Waals surface area contributed by atoms with Gasteiger partial charge < -0.3 is 14.1 Å². The molecule has 1 aromatic heterocycles. The molecule has 0 radical (unpaired) electrons. The molecule has 0 fully saturated rings. The number of carbonyl (C=O) groups excluding carboxylic acids is 1. The van der Waals surface area contributed by atoms with Gasteiger partial charge in [-0.05, 0) is 38.5 Å². The molecule has 0 N–H and O–H groups in total. The minimum Gasteiger partial charge on any atom is -0.484 e. The van der Waals surface area contributed by atoms with E-state index < -0.39 is 5.63 Å². The molecule has 0 saturated carbocycles. The van der Waals surface area contributed by atoms with E-state index in [0.717, 1.165) is 10.9 Å². The predicted octanol–water partition coefficient (Wildman–Crippen LogP) is 2.35. The third-order valence-electron chi connectivity index (χ3n) is 3.40. The third kappa shape index (κ3) is 3.42. The van der Waals surface area contributed by atoms with Crippen LogP contribution in [0.4, 0.5) is 0 Å². The van der Waals surface area contributed by atoms with Gasteiger partial charge in [0.1, 0.15) is 11.3 Å². The smallest absolute Gasteiger partial charge is 0.336 e. The number of amides is 1. The molecule has 0 saturated heterocycles. The van der Waals surface area contributed by atoms with Gasteiger partial charge in [0.25, 0.3) is 5.91 Å². The van der Waals surface area contributed by atoms with E-state index in [1.165, 1.54) is 6.07 Å². The van der Waals surface area contributed by atoms with Crippen molar-refractivity contribution >= 4 is 16.9 Å². The Hall–Kier alpha value is -2.30. The second-order valence-electron chi connectivity index (χ2n) is 4.76. The predicted molar refractivity (Wildman–Crippen MR) is 80.6 cm³/mol. The highest BCUT2D eigenvalue weighted by Gasteiger charge is 2.11. The molecule has 2 rings (SSSR count). The van der Waals surface area contributed by atoms with E-state index in [4.69, 9.17) is 9.15 Å². The number of rotatable bonds is 5. The maximum Gasteiger partial charge on any atom is 0.336 e. The van der Waals surface area contributed by atoms with Gasteiger partial charge in [-0.1, -0.05) is 0 Å². The highest BCUT2D eigenvalue weighted by atomic mass is 16.5. The highest BCUT2D eigenvalue weighted by molar-refractivity contribution is 5.81. The van der Waals surface area contributed by atoms with Gasteiger partial charge in [-0.25, -0.2) is 4.79 Å². The first-order valence-electron chi connectivity index (χ1n) is 7.00. The molecule has 0 aliphatic rings. The van der Waals surface area contributed by atoms with Crippen molar-refractivity contribution in [3.8, 4) is 5.75 Å². The van der Waals surface area contributed by atoms with Gasteiger partial charge in [-0.2, -0.15) is 0 Å². The number of fused-ring (bicyclic) bond motifs is 1. The van der Waals surface area contributed by atoms with Gasteiger partial charge in [0.05, 0.1) is 0 Å². The molecule has 112 valence electrons. The maximum absolute atomic E-state index is 11.9. The van der Waals surface area contributed by atoms with Crippen LogP contribution in [0.5, 0.6) is 5.75 Å². The van der Waals surface area contributed by atoms with E-state index in [-0.39, 0.29) is 12.5 Å².